The van der Waals surface area contributed by atoms with E-state index < -0.39 is 10.1 Å². The molecule has 0 saturated carbocycles. The van der Waals surface area contributed by atoms with E-state index in [9.17, 15) is 18.1 Å². The van der Waals surface area contributed by atoms with Crippen LogP contribution in [-0.2, 0) is 16.5 Å². The molecule has 0 bridgehead atoms. The van der Waals surface area contributed by atoms with E-state index in [0.717, 1.165) is 24.8 Å². The average molecular weight is 435 g/mol. The summed E-state index contributed by atoms with van der Waals surface area (Å²) >= 11 is 0. The SMILES string of the molecule is CCCCCCCCCCCCc1cc(Oc2cccc(O)c2)cc(S(=O)(=O)O)c1. The van der Waals surface area contributed by atoms with Gasteiger partial charge in [-0.3, -0.25) is 4.55 Å². The van der Waals surface area contributed by atoms with Crippen molar-refractivity contribution >= 4 is 10.1 Å². The van der Waals surface area contributed by atoms with Crippen molar-refractivity contribution in [1.29, 1.82) is 0 Å². The van der Waals surface area contributed by atoms with Crippen molar-refractivity contribution in [2.45, 2.75) is 82.4 Å². The normalized spacial score (nSPS) is 11.5. The van der Waals surface area contributed by atoms with Crippen molar-refractivity contribution in [3.8, 4) is 17.2 Å². The molecule has 2 rings (SSSR count). The van der Waals surface area contributed by atoms with Gasteiger partial charge in [-0.15, -0.1) is 0 Å². The molecule has 0 spiro atoms. The zero-order valence-corrected chi connectivity index (χ0v) is 18.7. The molecule has 166 valence electrons. The standard InChI is InChI=1S/C24H34O5S/c1-2-3-4-5-6-7-8-9-10-11-13-20-16-23(19-24(17-20)30(26,27)28)29-22-15-12-14-21(25)18-22/h12,14-19,25H,2-11,13H2,1H3,(H,26,27,28). The molecule has 0 aromatic heterocycles. The Labute approximate surface area is 180 Å². The Hall–Kier alpha value is -2.05. The third-order valence-electron chi connectivity index (χ3n) is 5.11. The summed E-state index contributed by atoms with van der Waals surface area (Å²) in [4.78, 5) is -0.178. The molecule has 30 heavy (non-hydrogen) atoms. The van der Waals surface area contributed by atoms with E-state index in [1.807, 2.05) is 0 Å². The summed E-state index contributed by atoms with van der Waals surface area (Å²) in [5, 5.41) is 9.57. The molecule has 0 heterocycles. The van der Waals surface area contributed by atoms with Crippen molar-refractivity contribution in [1.82, 2.24) is 0 Å². The fourth-order valence-corrected chi connectivity index (χ4v) is 4.05. The van der Waals surface area contributed by atoms with Crippen molar-refractivity contribution in [3.05, 3.63) is 48.0 Å². The summed E-state index contributed by atoms with van der Waals surface area (Å²) in [6.07, 6.45) is 13.1. The van der Waals surface area contributed by atoms with Crippen LogP contribution in [0.4, 0.5) is 0 Å². The number of phenols is 1. The predicted octanol–water partition coefficient (Wildman–Crippen LogP) is 6.89. The quantitative estimate of drug-likeness (QED) is 0.250. The van der Waals surface area contributed by atoms with Crippen LogP contribution in [0, 0.1) is 0 Å². The molecule has 0 aliphatic carbocycles. The first kappa shape index (κ1) is 24.2. The van der Waals surface area contributed by atoms with Gasteiger partial charge in [0.05, 0.1) is 4.90 Å². The molecule has 5 nitrogen and oxygen atoms in total. The lowest BCUT2D eigenvalue weighted by molar-refractivity contribution is 0.452. The van der Waals surface area contributed by atoms with Gasteiger partial charge in [0.15, 0.2) is 0 Å². The highest BCUT2D eigenvalue weighted by molar-refractivity contribution is 7.85. The van der Waals surface area contributed by atoms with Gasteiger partial charge in [-0.05, 0) is 42.7 Å². The third-order valence-corrected chi connectivity index (χ3v) is 5.94. The number of benzene rings is 2. The smallest absolute Gasteiger partial charge is 0.294 e. The predicted molar refractivity (Wildman–Crippen MR) is 120 cm³/mol. The monoisotopic (exact) mass is 434 g/mol. The van der Waals surface area contributed by atoms with Crippen LogP contribution in [0.15, 0.2) is 47.4 Å². The molecule has 0 unspecified atom stereocenters. The molecule has 6 heteroatoms. The second-order valence-corrected chi connectivity index (χ2v) is 9.24. The first-order valence-corrected chi connectivity index (χ1v) is 12.4. The maximum absolute atomic E-state index is 11.6. The van der Waals surface area contributed by atoms with Gasteiger partial charge >= 0.3 is 0 Å². The van der Waals surface area contributed by atoms with Gasteiger partial charge in [0.1, 0.15) is 17.2 Å². The van der Waals surface area contributed by atoms with E-state index in [0.29, 0.717) is 11.5 Å². The fourth-order valence-electron chi connectivity index (χ4n) is 3.48. The number of ether oxygens (including phenoxy) is 1. The second-order valence-electron chi connectivity index (χ2n) is 7.82. The minimum absolute atomic E-state index is 0.0593. The Kier molecular flexibility index (Phi) is 10.2. The largest absolute Gasteiger partial charge is 0.508 e. The van der Waals surface area contributed by atoms with E-state index in [2.05, 4.69) is 6.92 Å². The number of phenolic OH excluding ortho intramolecular Hbond substituents is 1. The lowest BCUT2D eigenvalue weighted by Crippen LogP contribution is -2.00. The third kappa shape index (κ3) is 9.18. The number of rotatable bonds is 14. The Balaban J connectivity index is 1.87. The molecule has 0 amide bonds. The van der Waals surface area contributed by atoms with Gasteiger partial charge in [-0.2, -0.15) is 8.42 Å². The van der Waals surface area contributed by atoms with Gasteiger partial charge in [0, 0.05) is 12.1 Å². The van der Waals surface area contributed by atoms with E-state index in [1.165, 1.54) is 75.6 Å². The summed E-state index contributed by atoms with van der Waals surface area (Å²) in [5.41, 5.74) is 0.805. The number of hydrogen-bond acceptors (Lipinski definition) is 4. The second kappa shape index (κ2) is 12.6. The number of unbranched alkanes of at least 4 members (excludes halogenated alkanes) is 9. The molecule has 0 radical (unpaired) electrons. The summed E-state index contributed by atoms with van der Waals surface area (Å²) in [6.45, 7) is 2.23. The van der Waals surface area contributed by atoms with E-state index in [-0.39, 0.29) is 10.6 Å². The van der Waals surface area contributed by atoms with Crippen molar-refractivity contribution < 1.29 is 22.8 Å². The molecular formula is C24H34O5S. The fraction of sp³-hybridized carbons (Fsp3) is 0.500. The molecule has 2 aromatic carbocycles. The lowest BCUT2D eigenvalue weighted by Gasteiger charge is -2.10. The van der Waals surface area contributed by atoms with Gasteiger partial charge in [0.25, 0.3) is 10.1 Å². The number of hydrogen-bond donors (Lipinski definition) is 2. The van der Waals surface area contributed by atoms with E-state index >= 15 is 0 Å². The van der Waals surface area contributed by atoms with E-state index in [4.69, 9.17) is 4.74 Å². The Morgan fingerprint density at radius 2 is 1.43 bits per heavy atom. The van der Waals surface area contributed by atoms with Crippen LogP contribution < -0.4 is 4.74 Å². The maximum atomic E-state index is 11.6. The van der Waals surface area contributed by atoms with Crippen LogP contribution in [0.5, 0.6) is 17.2 Å². The highest BCUT2D eigenvalue weighted by Crippen LogP contribution is 2.28. The molecule has 2 aromatic rings. The molecular weight excluding hydrogens is 400 g/mol. The van der Waals surface area contributed by atoms with Crippen LogP contribution in [0.3, 0.4) is 0 Å². The number of aromatic hydroxyl groups is 1. The Morgan fingerprint density at radius 1 is 0.800 bits per heavy atom. The molecule has 2 N–H and O–H groups in total. The minimum Gasteiger partial charge on any atom is -0.508 e. The van der Waals surface area contributed by atoms with Crippen LogP contribution in [-0.4, -0.2) is 18.1 Å². The van der Waals surface area contributed by atoms with Crippen molar-refractivity contribution in [2.24, 2.45) is 0 Å². The Morgan fingerprint density at radius 3 is 2.03 bits per heavy atom. The molecule has 0 aliphatic rings. The average Bonchev–Trinajstić information content (AvgIpc) is 2.68. The van der Waals surface area contributed by atoms with Crippen LogP contribution in [0.25, 0.3) is 0 Å². The summed E-state index contributed by atoms with van der Waals surface area (Å²) < 4.78 is 38.5. The summed E-state index contributed by atoms with van der Waals surface area (Å²) in [7, 11) is -4.33. The first-order chi connectivity index (χ1) is 14.4. The van der Waals surface area contributed by atoms with Gasteiger partial charge < -0.3 is 9.84 Å². The van der Waals surface area contributed by atoms with Gasteiger partial charge in [-0.25, -0.2) is 0 Å². The molecule has 0 aliphatic heterocycles. The molecule has 0 fully saturated rings. The number of aryl methyl sites for hydroxylation is 1. The molecule has 0 saturated heterocycles. The van der Waals surface area contributed by atoms with Crippen LogP contribution in [0.1, 0.15) is 76.7 Å². The zero-order valence-electron chi connectivity index (χ0n) is 17.8. The van der Waals surface area contributed by atoms with E-state index in [1.54, 1.807) is 18.2 Å². The van der Waals surface area contributed by atoms with Crippen LogP contribution >= 0.6 is 0 Å². The summed E-state index contributed by atoms with van der Waals surface area (Å²) in [5.74, 6) is 0.772. The topological polar surface area (TPSA) is 83.8 Å². The van der Waals surface area contributed by atoms with Crippen LogP contribution in [0.2, 0.25) is 0 Å². The lowest BCUT2D eigenvalue weighted by atomic mass is 10.0. The summed E-state index contributed by atoms with van der Waals surface area (Å²) in [6, 6.07) is 10.9. The van der Waals surface area contributed by atoms with Gasteiger partial charge in [0.2, 0.25) is 0 Å². The van der Waals surface area contributed by atoms with Crippen molar-refractivity contribution in [3.63, 3.8) is 0 Å². The highest BCUT2D eigenvalue weighted by Gasteiger charge is 2.13. The first-order valence-electron chi connectivity index (χ1n) is 11.0. The van der Waals surface area contributed by atoms with Crippen molar-refractivity contribution in [2.75, 3.05) is 0 Å². The minimum atomic E-state index is -4.33. The molecule has 0 atom stereocenters. The maximum Gasteiger partial charge on any atom is 0.294 e. The Bertz CT molecular complexity index is 877. The van der Waals surface area contributed by atoms with Gasteiger partial charge in [-0.1, -0.05) is 70.8 Å². The highest BCUT2D eigenvalue weighted by atomic mass is 32.2. The zero-order chi connectivity index (χ0) is 21.8.